The number of hydrogen-bond donors (Lipinski definition) is 4. The first kappa shape index (κ1) is 24.1. The van der Waals surface area contributed by atoms with Gasteiger partial charge in [0.1, 0.15) is 24.4 Å². The first-order valence-corrected chi connectivity index (χ1v) is 8.02. The van der Waals surface area contributed by atoms with Crippen LogP contribution >= 0.6 is 11.3 Å². The van der Waals surface area contributed by atoms with E-state index in [2.05, 4.69) is 11.9 Å². The van der Waals surface area contributed by atoms with Gasteiger partial charge in [0.15, 0.2) is 0 Å². The molecule has 1 aromatic heterocycles. The van der Waals surface area contributed by atoms with Crippen LogP contribution in [0.3, 0.4) is 0 Å². The second-order valence-corrected chi connectivity index (χ2v) is 6.31. The summed E-state index contributed by atoms with van der Waals surface area (Å²) in [6, 6.07) is 0. The van der Waals surface area contributed by atoms with Gasteiger partial charge in [-0.3, -0.25) is 4.98 Å². The van der Waals surface area contributed by atoms with Crippen LogP contribution in [0.5, 0.6) is 0 Å². The second kappa shape index (κ2) is 11.6. The first-order valence-electron chi connectivity index (χ1n) is 7.21. The van der Waals surface area contributed by atoms with Gasteiger partial charge >= 0.3 is 0 Å². The molecule has 7 nitrogen and oxygen atoms in total. The standard InChI is InChI=1S/C12H16NO6S.C3H7.Y/c1-5(15)8-3-13-9(20-8)2-6-10(16)12(18)11(17)7(4-14)19-6;1-3-2;/h3,6-7,10-12,14,16-18H,1-2,4H2;3H,1-2H3;/q2*-1;. The summed E-state index contributed by atoms with van der Waals surface area (Å²) >= 11 is 1.13. The third-order valence-corrected chi connectivity index (χ3v) is 4.26. The molecule has 5 unspecified atom stereocenters. The van der Waals surface area contributed by atoms with E-state index in [1.54, 1.807) is 0 Å². The smallest absolute Gasteiger partial charge is 0.111 e. The molecule has 1 fully saturated rings. The summed E-state index contributed by atoms with van der Waals surface area (Å²) in [6.45, 7) is 6.81. The second-order valence-electron chi connectivity index (χ2n) is 5.19. The van der Waals surface area contributed by atoms with Crippen molar-refractivity contribution in [3.8, 4) is 0 Å². The van der Waals surface area contributed by atoms with Crippen molar-refractivity contribution in [3.63, 3.8) is 0 Å². The molecular weight excluding hydrogens is 411 g/mol. The minimum absolute atomic E-state index is 0. The summed E-state index contributed by atoms with van der Waals surface area (Å²) < 4.78 is 5.36. The monoisotopic (exact) mass is 434 g/mol. The number of ether oxygens (including phenoxy) is 1. The number of carbonyl (C=O) groups is 1. The Hall–Kier alpha value is 0.0739. The van der Waals surface area contributed by atoms with E-state index in [1.807, 2.05) is 20.3 Å². The Morgan fingerprint density at radius 1 is 1.29 bits per heavy atom. The summed E-state index contributed by atoms with van der Waals surface area (Å²) in [4.78, 5) is 15.5. The maximum absolute atomic E-state index is 11.1. The minimum Gasteiger partial charge on any atom is -0.394 e. The van der Waals surface area contributed by atoms with Crippen LogP contribution in [0.4, 0.5) is 0 Å². The van der Waals surface area contributed by atoms with Crippen LogP contribution in [0.25, 0.3) is 0 Å². The van der Waals surface area contributed by atoms with Crippen molar-refractivity contribution in [1.29, 1.82) is 0 Å². The Kier molecular flexibility index (Phi) is 11.7. The summed E-state index contributed by atoms with van der Waals surface area (Å²) in [5.41, 5.74) is 0. The molecule has 0 aliphatic carbocycles. The minimum atomic E-state index is -1.40. The molecule has 4 N–H and O–H groups in total. The fraction of sp³-hybridized carbons (Fsp3) is 0.600. The summed E-state index contributed by atoms with van der Waals surface area (Å²) in [6.07, 6.45) is -2.27. The molecule has 1 aromatic rings. The predicted molar refractivity (Wildman–Crippen MR) is 84.9 cm³/mol. The Morgan fingerprint density at radius 2 is 1.83 bits per heavy atom. The molecule has 1 aliphatic heterocycles. The van der Waals surface area contributed by atoms with E-state index in [1.165, 1.54) is 6.20 Å². The van der Waals surface area contributed by atoms with Crippen molar-refractivity contribution in [2.45, 2.75) is 50.8 Å². The van der Waals surface area contributed by atoms with E-state index < -0.39 is 37.1 Å². The summed E-state index contributed by atoms with van der Waals surface area (Å²) in [5.74, 6) is -0.345. The van der Waals surface area contributed by atoms with Crippen LogP contribution in [0.1, 0.15) is 28.5 Å². The van der Waals surface area contributed by atoms with Gasteiger partial charge in [-0.15, -0.1) is 0 Å². The number of nitrogens with zero attached hydrogens (tertiary/aromatic N) is 1. The topological polar surface area (TPSA) is 120 Å². The Balaban J connectivity index is 0.00000123. The largest absolute Gasteiger partial charge is 0.394 e. The molecule has 135 valence electrons. The van der Waals surface area contributed by atoms with Crippen LogP contribution < -0.4 is 0 Å². The number of rotatable bonds is 4. The Labute approximate surface area is 171 Å². The van der Waals surface area contributed by atoms with Gasteiger partial charge in [0.05, 0.1) is 17.7 Å². The third kappa shape index (κ3) is 6.42. The number of aliphatic hydroxyl groups excluding tert-OH is 4. The average Bonchev–Trinajstić information content (AvgIpc) is 2.97. The molecule has 1 radical (unpaired) electrons. The Morgan fingerprint density at radius 3 is 2.29 bits per heavy atom. The maximum atomic E-state index is 11.1. The molecule has 0 aromatic carbocycles. The van der Waals surface area contributed by atoms with E-state index >= 15 is 0 Å². The molecule has 0 bridgehead atoms. The van der Waals surface area contributed by atoms with Crippen LogP contribution in [0.15, 0.2) is 6.20 Å². The molecule has 2 rings (SSSR count). The van der Waals surface area contributed by atoms with Gasteiger partial charge in [0.25, 0.3) is 0 Å². The number of ketones is 1. The Bertz CT molecular complexity index is 498. The molecule has 0 amide bonds. The van der Waals surface area contributed by atoms with Gasteiger partial charge < -0.3 is 36.4 Å². The average molecular weight is 434 g/mol. The first-order chi connectivity index (χ1) is 10.8. The predicted octanol–water partition coefficient (Wildman–Crippen LogP) is -0.227. The fourth-order valence-electron chi connectivity index (χ4n) is 2.05. The summed E-state index contributed by atoms with van der Waals surface area (Å²) in [5, 5.41) is 38.8. The van der Waals surface area contributed by atoms with Gasteiger partial charge in [-0.2, -0.15) is 20.8 Å². The number of aromatic nitrogens is 1. The van der Waals surface area contributed by atoms with Crippen molar-refractivity contribution in [2.24, 2.45) is 0 Å². The van der Waals surface area contributed by atoms with Gasteiger partial charge in [-0.05, 0) is 6.20 Å². The number of carbonyl (C=O) groups excluding carboxylic acids is 1. The molecular formula is C15H23NO6SY-2. The molecule has 9 heteroatoms. The number of Topliss-reactive ketones (excluding diaryl/α,β-unsaturated/α-hetero) is 1. The normalized spacial score (nSPS) is 29.2. The molecule has 0 spiro atoms. The van der Waals surface area contributed by atoms with E-state index in [9.17, 15) is 20.1 Å². The molecule has 24 heavy (non-hydrogen) atoms. The van der Waals surface area contributed by atoms with Crippen molar-refractivity contribution < 1.29 is 62.7 Å². The quantitative estimate of drug-likeness (QED) is 0.382. The van der Waals surface area contributed by atoms with Crippen LogP contribution in [0, 0.1) is 13.3 Å². The van der Waals surface area contributed by atoms with Crippen molar-refractivity contribution in [3.05, 3.63) is 29.4 Å². The molecule has 1 saturated heterocycles. The van der Waals surface area contributed by atoms with E-state index in [-0.39, 0.29) is 44.9 Å². The molecule has 0 saturated carbocycles. The van der Waals surface area contributed by atoms with Crippen LogP contribution in [0.2, 0.25) is 0 Å². The van der Waals surface area contributed by atoms with Crippen molar-refractivity contribution >= 4 is 17.1 Å². The van der Waals surface area contributed by atoms with Gasteiger partial charge in [-0.1, -0.05) is 4.88 Å². The number of thiazole rings is 1. The van der Waals surface area contributed by atoms with Crippen molar-refractivity contribution in [2.75, 3.05) is 6.61 Å². The number of aliphatic hydroxyl groups is 4. The molecule has 5 atom stereocenters. The van der Waals surface area contributed by atoms with E-state index in [4.69, 9.17) is 9.84 Å². The SMILES string of the molecule is C[CH-]C.[CH2-]C(=O)c1cnc(CC2OC(CO)C(O)C(O)C2O)s1.[Y]. The summed E-state index contributed by atoms with van der Waals surface area (Å²) in [7, 11) is 0. The fourth-order valence-corrected chi connectivity index (χ4v) is 2.88. The maximum Gasteiger partial charge on any atom is 0.111 e. The number of hydrogen-bond acceptors (Lipinski definition) is 8. The zero-order valence-electron chi connectivity index (χ0n) is 13.7. The van der Waals surface area contributed by atoms with E-state index in [0.717, 1.165) is 11.3 Å². The molecule has 1 aliphatic rings. The van der Waals surface area contributed by atoms with Gasteiger partial charge in [0, 0.05) is 44.9 Å². The zero-order chi connectivity index (χ0) is 17.6. The zero-order valence-corrected chi connectivity index (χ0v) is 17.4. The van der Waals surface area contributed by atoms with Crippen LogP contribution in [-0.4, -0.2) is 68.3 Å². The van der Waals surface area contributed by atoms with E-state index in [0.29, 0.717) is 9.88 Å². The molecule has 2 heterocycles. The van der Waals surface area contributed by atoms with Crippen molar-refractivity contribution in [1.82, 2.24) is 4.98 Å². The third-order valence-electron chi connectivity index (χ3n) is 3.20. The van der Waals surface area contributed by atoms with Gasteiger partial charge in [0.2, 0.25) is 0 Å². The van der Waals surface area contributed by atoms with Crippen LogP contribution in [-0.2, 0) is 43.9 Å². The van der Waals surface area contributed by atoms with Gasteiger partial charge in [-0.25, -0.2) is 11.3 Å².